The topological polar surface area (TPSA) is 62.8 Å². The Balaban J connectivity index is 2.12. The number of hydrogen-bond acceptors (Lipinski definition) is 4. The minimum absolute atomic E-state index is 0.158. The first-order chi connectivity index (χ1) is 10.6. The second kappa shape index (κ2) is 6.32. The Morgan fingerprint density at radius 2 is 1.96 bits per heavy atom. The molecule has 0 saturated carbocycles. The molecule has 128 valence electrons. The highest BCUT2D eigenvalue weighted by Gasteiger charge is 2.65. The van der Waals surface area contributed by atoms with Gasteiger partial charge >= 0.3 is 18.1 Å². The van der Waals surface area contributed by atoms with Gasteiger partial charge in [0, 0.05) is 24.2 Å². The van der Waals surface area contributed by atoms with Crippen molar-refractivity contribution in [1.29, 1.82) is 0 Å². The van der Waals surface area contributed by atoms with Crippen LogP contribution in [0.3, 0.4) is 0 Å². The summed E-state index contributed by atoms with van der Waals surface area (Å²) < 4.78 is 49.7. The number of fused-ring (bicyclic) bond motifs is 1. The summed E-state index contributed by atoms with van der Waals surface area (Å²) in [6, 6.07) is 2.70. The molecule has 0 aromatic heterocycles. The highest BCUT2D eigenvalue weighted by atomic mass is 35.5. The van der Waals surface area contributed by atoms with Gasteiger partial charge in [0.05, 0.1) is 0 Å². The molecule has 10 heteroatoms. The van der Waals surface area contributed by atoms with Crippen LogP contribution in [0.4, 0.5) is 18.0 Å². The number of amides is 2. The van der Waals surface area contributed by atoms with E-state index in [9.17, 15) is 18.0 Å². The van der Waals surface area contributed by atoms with Gasteiger partial charge in [0.15, 0.2) is 11.5 Å². The fourth-order valence-corrected chi connectivity index (χ4v) is 1.96. The van der Waals surface area contributed by atoms with Gasteiger partial charge in [-0.25, -0.2) is 4.79 Å². The molecule has 2 rings (SSSR count). The van der Waals surface area contributed by atoms with Crippen molar-refractivity contribution in [2.75, 3.05) is 27.2 Å². The number of nitrogens with zero attached hydrogens (tertiary/aromatic N) is 1. The van der Waals surface area contributed by atoms with Crippen molar-refractivity contribution in [2.45, 2.75) is 12.1 Å². The van der Waals surface area contributed by atoms with Crippen LogP contribution in [-0.4, -0.2) is 50.2 Å². The third kappa shape index (κ3) is 3.91. The Morgan fingerprint density at radius 1 is 1.30 bits per heavy atom. The minimum Gasteiger partial charge on any atom is -0.424 e. The number of hydrogen-bond donors (Lipinski definition) is 2. The lowest BCUT2D eigenvalue weighted by Crippen LogP contribution is -2.66. The molecule has 0 saturated heterocycles. The zero-order valence-electron chi connectivity index (χ0n) is 12.3. The second-order valence-corrected chi connectivity index (χ2v) is 5.53. The molecular weight excluding hydrogens is 339 g/mol. The Hall–Kier alpha value is -1.87. The van der Waals surface area contributed by atoms with Crippen LogP contribution in [0.15, 0.2) is 18.2 Å². The van der Waals surface area contributed by atoms with Crippen LogP contribution in [0.1, 0.15) is 0 Å². The molecular formula is C13H15ClF3N3O3. The number of carbonyl (C=O) groups is 1. The number of likely N-dealkylation sites (N-methyl/N-ethyl adjacent to an activating group) is 1. The standard InChI is InChI=1S/C13H15ClF3N3O3/c1-20(2)6-5-18-11(21)19-13(12(15,16)17)22-9-4-3-8(14)7-10(9)23-13/h3-4,7H,5-6H2,1-2H3,(H2,18,19,21)/t13-/m1/s1. The summed E-state index contributed by atoms with van der Waals surface area (Å²) in [4.78, 5) is 13.5. The number of halogens is 4. The number of urea groups is 1. The molecule has 1 heterocycles. The van der Waals surface area contributed by atoms with Gasteiger partial charge < -0.3 is 19.7 Å². The maximum Gasteiger partial charge on any atom is 0.492 e. The molecule has 1 atom stereocenters. The van der Waals surface area contributed by atoms with Crippen molar-refractivity contribution < 1.29 is 27.4 Å². The predicted molar refractivity (Wildman–Crippen MR) is 76.6 cm³/mol. The monoisotopic (exact) mass is 353 g/mol. The molecule has 0 spiro atoms. The first-order valence-electron chi connectivity index (χ1n) is 6.58. The molecule has 0 fully saturated rings. The molecule has 0 radical (unpaired) electrons. The van der Waals surface area contributed by atoms with E-state index in [4.69, 9.17) is 21.1 Å². The number of ether oxygens (including phenoxy) is 2. The zero-order chi connectivity index (χ0) is 17.3. The van der Waals surface area contributed by atoms with Crippen molar-refractivity contribution in [3.63, 3.8) is 0 Å². The summed E-state index contributed by atoms with van der Waals surface area (Å²) in [5.41, 5.74) is 0. The second-order valence-electron chi connectivity index (χ2n) is 5.09. The van der Waals surface area contributed by atoms with E-state index in [1.807, 2.05) is 0 Å². The van der Waals surface area contributed by atoms with Gasteiger partial charge in [-0.3, -0.25) is 5.32 Å². The lowest BCUT2D eigenvalue weighted by Gasteiger charge is -2.29. The molecule has 6 nitrogen and oxygen atoms in total. The predicted octanol–water partition coefficient (Wildman–Crippen LogP) is 2.19. The van der Waals surface area contributed by atoms with Gasteiger partial charge in [-0.1, -0.05) is 11.6 Å². The number of nitrogens with one attached hydrogen (secondary N) is 2. The molecule has 0 unspecified atom stereocenters. The highest BCUT2D eigenvalue weighted by molar-refractivity contribution is 6.30. The zero-order valence-corrected chi connectivity index (χ0v) is 13.1. The average molecular weight is 354 g/mol. The molecule has 1 aromatic rings. The summed E-state index contributed by atoms with van der Waals surface area (Å²) in [5.74, 6) is -3.66. The molecule has 1 aliphatic heterocycles. The van der Waals surface area contributed by atoms with Gasteiger partial charge in [-0.15, -0.1) is 0 Å². The lowest BCUT2D eigenvalue weighted by molar-refractivity contribution is -0.317. The minimum atomic E-state index is -5.00. The van der Waals surface area contributed by atoms with Gasteiger partial charge in [-0.2, -0.15) is 13.2 Å². The van der Waals surface area contributed by atoms with Crippen LogP contribution in [0, 0.1) is 0 Å². The molecule has 0 bridgehead atoms. The van der Waals surface area contributed by atoms with E-state index in [-0.39, 0.29) is 23.1 Å². The van der Waals surface area contributed by atoms with Crippen LogP contribution in [0.25, 0.3) is 0 Å². The molecule has 23 heavy (non-hydrogen) atoms. The highest BCUT2D eigenvalue weighted by Crippen LogP contribution is 2.45. The third-order valence-corrected chi connectivity index (χ3v) is 3.14. The molecule has 1 aliphatic rings. The van der Waals surface area contributed by atoms with Gasteiger partial charge in [0.25, 0.3) is 0 Å². The normalized spacial score (nSPS) is 19.8. The first-order valence-corrected chi connectivity index (χ1v) is 6.96. The number of carbonyl (C=O) groups excluding carboxylic acids is 1. The summed E-state index contributed by atoms with van der Waals surface area (Å²) in [7, 11) is 3.53. The average Bonchev–Trinajstić information content (AvgIpc) is 2.76. The smallest absolute Gasteiger partial charge is 0.424 e. The van der Waals surface area contributed by atoms with E-state index in [1.54, 1.807) is 24.3 Å². The summed E-state index contributed by atoms with van der Waals surface area (Å²) in [6.45, 7) is 0.621. The van der Waals surface area contributed by atoms with Crippen molar-refractivity contribution in [2.24, 2.45) is 0 Å². The Bertz CT molecular complexity index is 598. The van der Waals surface area contributed by atoms with Crippen molar-refractivity contribution in [3.05, 3.63) is 23.2 Å². The van der Waals surface area contributed by atoms with Crippen LogP contribution >= 0.6 is 11.6 Å². The van der Waals surface area contributed by atoms with E-state index < -0.39 is 18.1 Å². The summed E-state index contributed by atoms with van der Waals surface area (Å²) in [5, 5.41) is 4.17. The number of benzene rings is 1. The lowest BCUT2D eigenvalue weighted by atomic mass is 10.3. The first kappa shape index (κ1) is 17.5. The Morgan fingerprint density at radius 3 is 2.57 bits per heavy atom. The number of rotatable bonds is 4. The molecule has 0 aliphatic carbocycles. The summed E-state index contributed by atoms with van der Waals surface area (Å²) in [6.07, 6.45) is -5.00. The maximum atomic E-state index is 13.4. The summed E-state index contributed by atoms with van der Waals surface area (Å²) >= 11 is 5.71. The van der Waals surface area contributed by atoms with Crippen LogP contribution < -0.4 is 20.1 Å². The fourth-order valence-electron chi connectivity index (χ4n) is 1.80. The van der Waals surface area contributed by atoms with E-state index in [2.05, 4.69) is 5.32 Å². The SMILES string of the molecule is CN(C)CCNC(=O)N[C@]1(C(F)(F)F)Oc2ccc(Cl)cc2O1. The maximum absolute atomic E-state index is 13.4. The van der Waals surface area contributed by atoms with E-state index in [0.717, 1.165) is 0 Å². The van der Waals surface area contributed by atoms with Crippen molar-refractivity contribution in [1.82, 2.24) is 15.5 Å². The molecule has 2 N–H and O–H groups in total. The van der Waals surface area contributed by atoms with Crippen LogP contribution in [0.2, 0.25) is 5.02 Å². The molecule has 1 aromatic carbocycles. The Labute approximate surface area is 135 Å². The van der Waals surface area contributed by atoms with E-state index in [1.165, 1.54) is 18.2 Å². The van der Waals surface area contributed by atoms with E-state index >= 15 is 0 Å². The third-order valence-electron chi connectivity index (χ3n) is 2.91. The van der Waals surface area contributed by atoms with Gasteiger partial charge in [-0.05, 0) is 26.2 Å². The quantitative estimate of drug-likeness (QED) is 0.871. The van der Waals surface area contributed by atoms with Crippen molar-refractivity contribution in [3.8, 4) is 11.5 Å². The van der Waals surface area contributed by atoms with Crippen LogP contribution in [-0.2, 0) is 0 Å². The van der Waals surface area contributed by atoms with Gasteiger partial charge in [0.1, 0.15) is 0 Å². The molecule has 2 amide bonds. The van der Waals surface area contributed by atoms with Crippen molar-refractivity contribution >= 4 is 17.6 Å². The van der Waals surface area contributed by atoms with Crippen LogP contribution in [0.5, 0.6) is 11.5 Å². The fraction of sp³-hybridized carbons (Fsp3) is 0.462. The Kier molecular flexibility index (Phi) is 4.81. The number of alkyl halides is 3. The van der Waals surface area contributed by atoms with E-state index in [0.29, 0.717) is 6.54 Å². The van der Waals surface area contributed by atoms with Gasteiger partial charge in [0.2, 0.25) is 0 Å². The largest absolute Gasteiger partial charge is 0.492 e.